The number of benzene rings is 1. The van der Waals surface area contributed by atoms with Gasteiger partial charge in [0.05, 0.1) is 12.7 Å². The Morgan fingerprint density at radius 2 is 2.00 bits per heavy atom. The molecule has 0 radical (unpaired) electrons. The van der Waals surface area contributed by atoms with Crippen LogP contribution in [-0.4, -0.2) is 29.1 Å². The summed E-state index contributed by atoms with van der Waals surface area (Å²) < 4.78 is 17.5. The highest BCUT2D eigenvalue weighted by Crippen LogP contribution is 2.26. The number of hydrogen-bond acceptors (Lipinski definition) is 4. The van der Waals surface area contributed by atoms with Gasteiger partial charge in [-0.05, 0) is 6.07 Å². The molecule has 0 aliphatic heterocycles. The van der Waals surface area contributed by atoms with E-state index < -0.39 is 28.9 Å². The maximum Gasteiger partial charge on any atom is 0.377 e. The molecular formula is C9H7FO5. The van der Waals surface area contributed by atoms with Crippen molar-refractivity contribution >= 4 is 11.8 Å². The number of ether oxygens (including phenoxy) is 1. The summed E-state index contributed by atoms with van der Waals surface area (Å²) in [5.74, 6) is -4.99. The van der Waals surface area contributed by atoms with Gasteiger partial charge in [0.15, 0.2) is 11.6 Å². The number of carboxylic acids is 1. The normalized spacial score (nSPS) is 9.73. The van der Waals surface area contributed by atoms with Crippen molar-refractivity contribution in [1.29, 1.82) is 0 Å². The number of halogens is 1. The number of rotatable bonds is 3. The van der Waals surface area contributed by atoms with Crippen LogP contribution in [0.5, 0.6) is 11.5 Å². The molecule has 6 heteroatoms. The molecular weight excluding hydrogens is 207 g/mol. The molecule has 0 saturated heterocycles. The molecule has 2 N–H and O–H groups in total. The molecule has 0 saturated carbocycles. The molecule has 5 nitrogen and oxygen atoms in total. The van der Waals surface area contributed by atoms with Gasteiger partial charge in [0.2, 0.25) is 0 Å². The standard InChI is InChI=1S/C9H7FO5/c1-15-7-2-4(8(12)9(13)14)6(11)3-5(7)10/h2-3,11H,1H3,(H,13,14). The van der Waals surface area contributed by atoms with Crippen molar-refractivity contribution in [3.05, 3.63) is 23.5 Å². The fourth-order valence-electron chi connectivity index (χ4n) is 0.996. The number of aromatic hydroxyl groups is 1. The van der Waals surface area contributed by atoms with E-state index in [2.05, 4.69) is 4.74 Å². The Hall–Kier alpha value is -2.11. The molecule has 0 aromatic heterocycles. The van der Waals surface area contributed by atoms with E-state index in [1.165, 1.54) is 0 Å². The first-order valence-corrected chi connectivity index (χ1v) is 3.81. The summed E-state index contributed by atoms with van der Waals surface area (Å²) in [5, 5.41) is 17.5. The molecule has 0 aliphatic carbocycles. The van der Waals surface area contributed by atoms with Gasteiger partial charge in [-0.15, -0.1) is 0 Å². The molecule has 1 aromatic rings. The van der Waals surface area contributed by atoms with Crippen LogP contribution >= 0.6 is 0 Å². The lowest BCUT2D eigenvalue weighted by Crippen LogP contribution is -2.13. The molecule has 0 unspecified atom stereocenters. The lowest BCUT2D eigenvalue weighted by molar-refractivity contribution is -0.131. The largest absolute Gasteiger partial charge is 0.507 e. The van der Waals surface area contributed by atoms with E-state index in [1.807, 2.05) is 0 Å². The first-order chi connectivity index (χ1) is 6.97. The Morgan fingerprint density at radius 1 is 1.40 bits per heavy atom. The van der Waals surface area contributed by atoms with Crippen molar-refractivity contribution in [2.45, 2.75) is 0 Å². The van der Waals surface area contributed by atoms with Gasteiger partial charge in [-0.3, -0.25) is 4.79 Å². The third-order valence-electron chi connectivity index (χ3n) is 1.71. The summed E-state index contributed by atoms with van der Waals surface area (Å²) in [5.41, 5.74) is -0.513. The van der Waals surface area contributed by atoms with E-state index >= 15 is 0 Å². The number of phenols is 1. The van der Waals surface area contributed by atoms with Gasteiger partial charge >= 0.3 is 5.97 Å². The molecule has 1 aromatic carbocycles. The number of aliphatic carboxylic acids is 1. The maximum atomic E-state index is 13.0. The first kappa shape index (κ1) is 11.0. The Labute approximate surface area is 83.7 Å². The van der Waals surface area contributed by atoms with Crippen LogP contribution in [0, 0.1) is 5.82 Å². The molecule has 0 amide bonds. The van der Waals surface area contributed by atoms with E-state index in [0.29, 0.717) is 6.07 Å². The minimum Gasteiger partial charge on any atom is -0.507 e. The highest BCUT2D eigenvalue weighted by atomic mass is 19.1. The van der Waals surface area contributed by atoms with Crippen molar-refractivity contribution < 1.29 is 28.9 Å². The number of carboxylic acid groups (broad SMARTS) is 1. The van der Waals surface area contributed by atoms with Crippen LogP contribution < -0.4 is 4.74 Å². The van der Waals surface area contributed by atoms with Crippen LogP contribution in [-0.2, 0) is 4.79 Å². The fourth-order valence-corrected chi connectivity index (χ4v) is 0.996. The topological polar surface area (TPSA) is 83.8 Å². The van der Waals surface area contributed by atoms with Gasteiger partial charge < -0.3 is 14.9 Å². The number of carbonyl (C=O) groups is 2. The highest BCUT2D eigenvalue weighted by molar-refractivity contribution is 6.40. The van der Waals surface area contributed by atoms with E-state index in [9.17, 15) is 14.0 Å². The predicted molar refractivity (Wildman–Crippen MR) is 46.6 cm³/mol. The molecule has 0 heterocycles. The van der Waals surface area contributed by atoms with Crippen molar-refractivity contribution in [2.24, 2.45) is 0 Å². The summed E-state index contributed by atoms with van der Waals surface area (Å²) in [7, 11) is 1.16. The molecule has 0 spiro atoms. The molecule has 0 bridgehead atoms. The van der Waals surface area contributed by atoms with Gasteiger partial charge in [0.25, 0.3) is 5.78 Å². The third kappa shape index (κ3) is 2.04. The van der Waals surface area contributed by atoms with Crippen molar-refractivity contribution in [1.82, 2.24) is 0 Å². The van der Waals surface area contributed by atoms with Gasteiger partial charge in [0, 0.05) is 6.07 Å². The lowest BCUT2D eigenvalue weighted by atomic mass is 10.1. The van der Waals surface area contributed by atoms with Crippen LogP contribution in [0.15, 0.2) is 12.1 Å². The summed E-state index contributed by atoms with van der Waals surface area (Å²) in [6.45, 7) is 0. The van der Waals surface area contributed by atoms with Gasteiger partial charge in [-0.25, -0.2) is 9.18 Å². The maximum absolute atomic E-state index is 13.0. The second kappa shape index (κ2) is 3.95. The van der Waals surface area contributed by atoms with Crippen molar-refractivity contribution in [2.75, 3.05) is 7.11 Å². The minimum atomic E-state index is -1.74. The molecule has 0 aliphatic rings. The van der Waals surface area contributed by atoms with E-state index in [4.69, 9.17) is 10.2 Å². The number of Topliss-reactive ketones (excluding diaryl/α,β-unsaturated/α-hetero) is 1. The molecule has 80 valence electrons. The monoisotopic (exact) mass is 214 g/mol. The molecule has 0 atom stereocenters. The zero-order valence-electron chi connectivity index (χ0n) is 7.65. The van der Waals surface area contributed by atoms with Crippen LogP contribution in [0.2, 0.25) is 0 Å². The number of carbonyl (C=O) groups excluding carboxylic acids is 1. The Kier molecular flexibility index (Phi) is 2.89. The predicted octanol–water partition coefficient (Wildman–Crippen LogP) is 0.807. The van der Waals surface area contributed by atoms with Crippen LogP contribution in [0.3, 0.4) is 0 Å². The van der Waals surface area contributed by atoms with Gasteiger partial charge in [-0.1, -0.05) is 0 Å². The number of phenolic OH excluding ortho intramolecular Hbond substituents is 1. The Balaban J connectivity index is 3.30. The van der Waals surface area contributed by atoms with E-state index in [-0.39, 0.29) is 5.75 Å². The second-order valence-corrected chi connectivity index (χ2v) is 2.64. The third-order valence-corrected chi connectivity index (χ3v) is 1.71. The van der Waals surface area contributed by atoms with Crippen molar-refractivity contribution in [3.63, 3.8) is 0 Å². The molecule has 1 rings (SSSR count). The number of methoxy groups -OCH3 is 1. The van der Waals surface area contributed by atoms with Gasteiger partial charge in [-0.2, -0.15) is 0 Å². The average molecular weight is 214 g/mol. The van der Waals surface area contributed by atoms with Crippen molar-refractivity contribution in [3.8, 4) is 11.5 Å². The number of ketones is 1. The zero-order chi connectivity index (χ0) is 11.6. The molecule has 0 fully saturated rings. The Morgan fingerprint density at radius 3 is 2.47 bits per heavy atom. The summed E-state index contributed by atoms with van der Waals surface area (Å²) in [4.78, 5) is 21.3. The van der Waals surface area contributed by atoms with Gasteiger partial charge in [0.1, 0.15) is 5.75 Å². The van der Waals surface area contributed by atoms with E-state index in [1.54, 1.807) is 0 Å². The number of hydrogen-bond donors (Lipinski definition) is 2. The Bertz CT molecular complexity index is 427. The smallest absolute Gasteiger partial charge is 0.377 e. The first-order valence-electron chi connectivity index (χ1n) is 3.81. The van der Waals surface area contributed by atoms with E-state index in [0.717, 1.165) is 13.2 Å². The molecule has 15 heavy (non-hydrogen) atoms. The highest BCUT2D eigenvalue weighted by Gasteiger charge is 2.21. The zero-order valence-corrected chi connectivity index (χ0v) is 7.65. The summed E-state index contributed by atoms with van der Waals surface area (Å²) >= 11 is 0. The fraction of sp³-hybridized carbons (Fsp3) is 0.111. The van der Waals surface area contributed by atoms with Crippen LogP contribution in [0.1, 0.15) is 10.4 Å². The van der Waals surface area contributed by atoms with Crippen LogP contribution in [0.25, 0.3) is 0 Å². The SMILES string of the molecule is COc1cc(C(=O)C(=O)O)c(O)cc1F. The lowest BCUT2D eigenvalue weighted by Gasteiger charge is -2.05. The average Bonchev–Trinajstić information content (AvgIpc) is 2.17. The van der Waals surface area contributed by atoms with Crippen LogP contribution in [0.4, 0.5) is 4.39 Å². The summed E-state index contributed by atoms with van der Waals surface area (Å²) in [6, 6.07) is 1.45. The summed E-state index contributed by atoms with van der Waals surface area (Å²) in [6.07, 6.45) is 0. The quantitative estimate of drug-likeness (QED) is 0.574. The second-order valence-electron chi connectivity index (χ2n) is 2.64. The minimum absolute atomic E-state index is 0.308.